The van der Waals surface area contributed by atoms with Crippen LogP contribution >= 0.6 is 0 Å². The van der Waals surface area contributed by atoms with Gasteiger partial charge in [-0.15, -0.1) is 0 Å². The number of amides is 1. The Balaban J connectivity index is 1.39. The Morgan fingerprint density at radius 3 is 2.55 bits per heavy atom. The quantitative estimate of drug-likeness (QED) is 0.492. The third-order valence-corrected chi connectivity index (χ3v) is 6.26. The summed E-state index contributed by atoms with van der Waals surface area (Å²) in [5, 5.41) is 0. The van der Waals surface area contributed by atoms with Crippen molar-refractivity contribution in [1.29, 1.82) is 0 Å². The smallest absolute Gasteiger partial charge is 0.411 e. The first kappa shape index (κ1) is 21.6. The number of rotatable bonds is 8. The van der Waals surface area contributed by atoms with Crippen molar-refractivity contribution < 1.29 is 14.3 Å². The molecule has 0 radical (unpaired) electrons. The van der Waals surface area contributed by atoms with Gasteiger partial charge in [0.05, 0.1) is 25.3 Å². The van der Waals surface area contributed by atoms with E-state index in [1.54, 1.807) is 0 Å². The second-order valence-corrected chi connectivity index (χ2v) is 8.61. The summed E-state index contributed by atoms with van der Waals surface area (Å²) in [7, 11) is 0. The van der Waals surface area contributed by atoms with Crippen LogP contribution in [0.15, 0.2) is 60.7 Å². The summed E-state index contributed by atoms with van der Waals surface area (Å²) in [6.07, 6.45) is 9.05. The number of carbonyl (C=O) groups excluding carboxylic acids is 1. The molecule has 2 atom stereocenters. The second kappa shape index (κ2) is 10.6. The number of ether oxygens (including phenoxy) is 2. The van der Waals surface area contributed by atoms with Crippen molar-refractivity contribution in [2.24, 2.45) is 0 Å². The number of benzene rings is 2. The highest BCUT2D eigenvalue weighted by Crippen LogP contribution is 2.33. The molecule has 2 unspecified atom stereocenters. The predicted molar refractivity (Wildman–Crippen MR) is 124 cm³/mol. The van der Waals surface area contributed by atoms with E-state index < -0.39 is 0 Å². The van der Waals surface area contributed by atoms with Gasteiger partial charge in [0.25, 0.3) is 0 Å². The van der Waals surface area contributed by atoms with Crippen LogP contribution in [0, 0.1) is 0 Å². The zero-order chi connectivity index (χ0) is 21.5. The number of carbonyl (C=O) groups is 1. The van der Waals surface area contributed by atoms with Gasteiger partial charge in [-0.2, -0.15) is 0 Å². The summed E-state index contributed by atoms with van der Waals surface area (Å²) < 4.78 is 11.4. The van der Waals surface area contributed by atoms with Crippen LogP contribution in [0.2, 0.25) is 0 Å². The predicted octanol–water partition coefficient (Wildman–Crippen LogP) is 6.00. The fraction of sp³-hybridized carbons (Fsp3) is 0.444. The Bertz CT molecular complexity index is 875. The van der Waals surface area contributed by atoms with Crippen molar-refractivity contribution in [3.8, 4) is 0 Å². The number of fused-ring (bicyclic) bond motifs is 2. The van der Waals surface area contributed by atoms with E-state index in [0.717, 1.165) is 18.4 Å². The summed E-state index contributed by atoms with van der Waals surface area (Å²) in [5.74, 6) is 0. The third kappa shape index (κ3) is 5.56. The van der Waals surface area contributed by atoms with E-state index in [-0.39, 0.29) is 18.2 Å². The molecule has 0 aromatic heterocycles. The summed E-state index contributed by atoms with van der Waals surface area (Å²) in [5.41, 5.74) is 4.97. The summed E-state index contributed by atoms with van der Waals surface area (Å²) >= 11 is 0. The van der Waals surface area contributed by atoms with Crippen molar-refractivity contribution in [3.05, 3.63) is 77.4 Å². The molecule has 1 amide bonds. The number of morpholine rings is 1. The molecular formula is C27H33NO3. The molecule has 2 bridgehead atoms. The summed E-state index contributed by atoms with van der Waals surface area (Å²) in [6.45, 7) is 3.63. The molecule has 164 valence electrons. The fourth-order valence-electron chi connectivity index (χ4n) is 4.53. The molecule has 0 saturated carbocycles. The molecule has 4 nitrogen and oxygen atoms in total. The van der Waals surface area contributed by atoms with E-state index in [0.29, 0.717) is 19.8 Å². The molecule has 4 heteroatoms. The summed E-state index contributed by atoms with van der Waals surface area (Å²) in [6, 6.07) is 18.8. The first-order valence-electron chi connectivity index (χ1n) is 11.6. The van der Waals surface area contributed by atoms with Crippen molar-refractivity contribution in [2.75, 3.05) is 13.2 Å². The van der Waals surface area contributed by atoms with Gasteiger partial charge < -0.3 is 9.47 Å². The molecule has 0 spiro atoms. The lowest BCUT2D eigenvalue weighted by Crippen LogP contribution is -2.56. The number of hydrogen-bond donors (Lipinski definition) is 0. The molecule has 0 N–H and O–H groups in total. The van der Waals surface area contributed by atoms with E-state index in [1.807, 2.05) is 35.2 Å². The van der Waals surface area contributed by atoms with Crippen molar-refractivity contribution in [1.82, 2.24) is 4.90 Å². The molecular weight excluding hydrogens is 386 g/mol. The standard InChI is InChI=1S/C27H33NO3/c1-2-3-4-6-9-21-12-14-23(15-13-21)24-16-25-19-30-20-26(17-24)28(25)27(29)31-18-22-10-7-5-8-11-22/h5,7-8,10-16,25-26H,2-4,6,9,17-20H2,1H3. The van der Waals surface area contributed by atoms with Gasteiger partial charge in [0.2, 0.25) is 0 Å². The number of unbranched alkanes of at least 4 members (excludes halogenated alkanes) is 3. The molecule has 31 heavy (non-hydrogen) atoms. The van der Waals surface area contributed by atoms with Crippen molar-refractivity contribution in [3.63, 3.8) is 0 Å². The number of aryl methyl sites for hydroxylation is 1. The molecule has 2 aliphatic rings. The van der Waals surface area contributed by atoms with Gasteiger partial charge in [0, 0.05) is 0 Å². The molecule has 2 heterocycles. The van der Waals surface area contributed by atoms with E-state index >= 15 is 0 Å². The van der Waals surface area contributed by atoms with Gasteiger partial charge in [-0.25, -0.2) is 4.79 Å². The Kier molecular flexibility index (Phi) is 7.42. The third-order valence-electron chi connectivity index (χ3n) is 6.26. The number of nitrogens with zero attached hydrogens (tertiary/aromatic N) is 1. The van der Waals surface area contributed by atoms with Crippen LogP contribution in [-0.2, 0) is 22.5 Å². The van der Waals surface area contributed by atoms with Crippen molar-refractivity contribution >= 4 is 11.7 Å². The van der Waals surface area contributed by atoms with Gasteiger partial charge in [-0.1, -0.05) is 86.9 Å². The highest BCUT2D eigenvalue weighted by atomic mass is 16.6. The molecule has 1 saturated heterocycles. The second-order valence-electron chi connectivity index (χ2n) is 8.61. The van der Waals surface area contributed by atoms with Gasteiger partial charge in [0.15, 0.2) is 0 Å². The highest BCUT2D eigenvalue weighted by molar-refractivity contribution is 5.74. The topological polar surface area (TPSA) is 38.8 Å². The zero-order valence-corrected chi connectivity index (χ0v) is 18.5. The largest absolute Gasteiger partial charge is 0.445 e. The van der Waals surface area contributed by atoms with Gasteiger partial charge in [0.1, 0.15) is 6.61 Å². The van der Waals surface area contributed by atoms with Crippen LogP contribution in [0.4, 0.5) is 4.79 Å². The lowest BCUT2D eigenvalue weighted by atomic mass is 9.89. The minimum atomic E-state index is -0.250. The van der Waals surface area contributed by atoms with Crippen LogP contribution in [0.3, 0.4) is 0 Å². The maximum Gasteiger partial charge on any atom is 0.411 e. The Morgan fingerprint density at radius 2 is 1.81 bits per heavy atom. The minimum absolute atomic E-state index is 0.0238. The van der Waals surface area contributed by atoms with E-state index in [2.05, 4.69) is 37.3 Å². The monoisotopic (exact) mass is 419 g/mol. The van der Waals surface area contributed by atoms with Crippen LogP contribution in [0.1, 0.15) is 55.7 Å². The van der Waals surface area contributed by atoms with Gasteiger partial charge in [-0.3, -0.25) is 4.90 Å². The van der Waals surface area contributed by atoms with E-state index in [4.69, 9.17) is 9.47 Å². The SMILES string of the molecule is CCCCCCc1ccc(C2=CC3COCC(C2)N3C(=O)OCc2ccccc2)cc1. The molecule has 2 aromatic rings. The molecule has 4 rings (SSSR count). The highest BCUT2D eigenvalue weighted by Gasteiger charge is 2.39. The lowest BCUT2D eigenvalue weighted by molar-refractivity contribution is -0.0342. The van der Waals surface area contributed by atoms with Crippen molar-refractivity contribution in [2.45, 2.75) is 64.1 Å². The molecule has 2 aromatic carbocycles. The van der Waals surface area contributed by atoms with Crippen LogP contribution in [-0.4, -0.2) is 36.3 Å². The average Bonchev–Trinajstić information content (AvgIpc) is 2.80. The minimum Gasteiger partial charge on any atom is -0.445 e. The normalized spacial score (nSPS) is 20.3. The Morgan fingerprint density at radius 1 is 1.00 bits per heavy atom. The van der Waals surface area contributed by atoms with E-state index in [9.17, 15) is 4.79 Å². The summed E-state index contributed by atoms with van der Waals surface area (Å²) in [4.78, 5) is 14.7. The first-order valence-corrected chi connectivity index (χ1v) is 11.6. The molecule has 1 fully saturated rings. The Hall–Kier alpha value is -2.59. The molecule has 0 aliphatic carbocycles. The zero-order valence-electron chi connectivity index (χ0n) is 18.5. The van der Waals surface area contributed by atoms with Crippen LogP contribution in [0.5, 0.6) is 0 Å². The molecule has 2 aliphatic heterocycles. The average molecular weight is 420 g/mol. The van der Waals surface area contributed by atoms with Crippen LogP contribution in [0.25, 0.3) is 5.57 Å². The van der Waals surface area contributed by atoms with Gasteiger partial charge in [-0.05, 0) is 41.5 Å². The van der Waals surface area contributed by atoms with Crippen LogP contribution < -0.4 is 0 Å². The maximum absolute atomic E-state index is 12.8. The van der Waals surface area contributed by atoms with Gasteiger partial charge >= 0.3 is 6.09 Å². The first-order chi connectivity index (χ1) is 15.2. The maximum atomic E-state index is 12.8. The number of hydrogen-bond acceptors (Lipinski definition) is 3. The Labute approximate surface area is 185 Å². The van der Waals surface area contributed by atoms with E-state index in [1.165, 1.54) is 42.4 Å². The lowest BCUT2D eigenvalue weighted by Gasteiger charge is -2.43. The fourth-order valence-corrected chi connectivity index (χ4v) is 4.53.